The number of carbonyl (C=O) groups excluding carboxylic acids is 2. The number of rotatable bonds is 4. The van der Waals surface area contributed by atoms with Gasteiger partial charge in [0, 0.05) is 19.6 Å². The maximum Gasteiger partial charge on any atom is 0.244 e. The summed E-state index contributed by atoms with van der Waals surface area (Å²) < 4.78 is 0. The van der Waals surface area contributed by atoms with Crippen LogP contribution in [0.15, 0.2) is 42.5 Å². The summed E-state index contributed by atoms with van der Waals surface area (Å²) >= 11 is 6.29. The fraction of sp³-hybridized carbons (Fsp3) is 0.440. The first-order valence-electron chi connectivity index (χ1n) is 11.1. The lowest BCUT2D eigenvalue weighted by atomic mass is 9.90. The summed E-state index contributed by atoms with van der Waals surface area (Å²) in [4.78, 5) is 30.5. The Bertz CT molecular complexity index is 969. The predicted molar refractivity (Wildman–Crippen MR) is 124 cm³/mol. The van der Waals surface area contributed by atoms with Crippen molar-refractivity contribution in [1.82, 2.24) is 9.80 Å². The maximum atomic E-state index is 13.6. The summed E-state index contributed by atoms with van der Waals surface area (Å²) in [6.45, 7) is 6.60. The van der Waals surface area contributed by atoms with Gasteiger partial charge in [0.25, 0.3) is 0 Å². The van der Waals surface area contributed by atoms with E-state index in [1.165, 1.54) is 5.56 Å². The van der Waals surface area contributed by atoms with E-state index in [-0.39, 0.29) is 18.4 Å². The van der Waals surface area contributed by atoms with Crippen LogP contribution in [0.4, 0.5) is 5.69 Å². The molecule has 1 atom stereocenters. The summed E-state index contributed by atoms with van der Waals surface area (Å²) in [6, 6.07) is 13.3. The van der Waals surface area contributed by atoms with Gasteiger partial charge in [0.05, 0.1) is 17.3 Å². The summed E-state index contributed by atoms with van der Waals surface area (Å²) in [5.74, 6) is 0.610. The first-order chi connectivity index (χ1) is 14.9. The van der Waals surface area contributed by atoms with Crippen LogP contribution >= 0.6 is 11.6 Å². The molecule has 2 aromatic carbocycles. The maximum absolute atomic E-state index is 13.6. The number of anilines is 1. The number of fused-ring (bicyclic) bond motifs is 1. The van der Waals surface area contributed by atoms with E-state index >= 15 is 0 Å². The van der Waals surface area contributed by atoms with Crippen molar-refractivity contribution >= 4 is 29.1 Å². The highest BCUT2D eigenvalue weighted by molar-refractivity contribution is 6.33. The van der Waals surface area contributed by atoms with E-state index in [2.05, 4.69) is 18.3 Å². The Morgan fingerprint density at radius 2 is 1.84 bits per heavy atom. The molecule has 2 aromatic rings. The zero-order valence-corrected chi connectivity index (χ0v) is 19.0. The van der Waals surface area contributed by atoms with Crippen LogP contribution in [0.25, 0.3) is 0 Å². The summed E-state index contributed by atoms with van der Waals surface area (Å²) in [5, 5.41) is 3.44. The lowest BCUT2D eigenvalue weighted by molar-refractivity contribution is -0.139. The Kier molecular flexibility index (Phi) is 6.63. The molecule has 0 spiro atoms. The average molecular weight is 440 g/mol. The van der Waals surface area contributed by atoms with Crippen LogP contribution in [0.3, 0.4) is 0 Å². The van der Waals surface area contributed by atoms with Crippen molar-refractivity contribution in [2.45, 2.75) is 39.2 Å². The van der Waals surface area contributed by atoms with Gasteiger partial charge in [-0.2, -0.15) is 0 Å². The number of benzene rings is 2. The Morgan fingerprint density at radius 1 is 1.10 bits per heavy atom. The highest BCUT2D eigenvalue weighted by Gasteiger charge is 2.37. The van der Waals surface area contributed by atoms with Crippen LogP contribution in [0.1, 0.15) is 42.5 Å². The second-order valence-electron chi connectivity index (χ2n) is 8.86. The third kappa shape index (κ3) is 4.94. The number of hydrogen-bond donors (Lipinski definition) is 1. The van der Waals surface area contributed by atoms with Gasteiger partial charge in [-0.3, -0.25) is 14.5 Å². The Balaban J connectivity index is 1.53. The molecular formula is C25H30ClN3O2. The number of halogens is 1. The zero-order valence-electron chi connectivity index (χ0n) is 18.2. The normalized spacial score (nSPS) is 19.7. The highest BCUT2D eigenvalue weighted by atomic mass is 35.5. The smallest absolute Gasteiger partial charge is 0.244 e. The zero-order chi connectivity index (χ0) is 22.0. The Morgan fingerprint density at radius 3 is 2.58 bits per heavy atom. The molecule has 2 aliphatic heterocycles. The van der Waals surface area contributed by atoms with Crippen LogP contribution < -0.4 is 5.32 Å². The molecule has 0 bridgehead atoms. The fourth-order valence-corrected chi connectivity index (χ4v) is 4.86. The van der Waals surface area contributed by atoms with Crippen LogP contribution in [0.5, 0.6) is 0 Å². The molecule has 0 saturated carbocycles. The van der Waals surface area contributed by atoms with Crippen LogP contribution in [0.2, 0.25) is 5.02 Å². The van der Waals surface area contributed by atoms with Gasteiger partial charge in [0.15, 0.2) is 0 Å². The highest BCUT2D eigenvalue weighted by Crippen LogP contribution is 2.32. The number of piperidine rings is 1. The molecule has 164 valence electrons. The van der Waals surface area contributed by atoms with Gasteiger partial charge >= 0.3 is 0 Å². The predicted octanol–water partition coefficient (Wildman–Crippen LogP) is 4.44. The van der Waals surface area contributed by atoms with Gasteiger partial charge in [-0.15, -0.1) is 0 Å². The van der Waals surface area contributed by atoms with E-state index in [0.717, 1.165) is 43.5 Å². The SMILES string of the molecule is Cc1ccc(NC(=O)CN2CCc3ccccc3C2C(=O)N2CCC(C)CC2)c(Cl)c1. The van der Waals surface area contributed by atoms with Crippen LogP contribution in [-0.4, -0.2) is 47.8 Å². The number of likely N-dealkylation sites (tertiary alicyclic amines) is 1. The molecule has 4 rings (SSSR count). The van der Waals surface area contributed by atoms with Gasteiger partial charge in [-0.05, 0) is 60.9 Å². The number of aryl methyl sites for hydroxylation is 1. The summed E-state index contributed by atoms with van der Waals surface area (Å²) in [6.07, 6.45) is 2.90. The summed E-state index contributed by atoms with van der Waals surface area (Å²) in [5.41, 5.74) is 3.86. The van der Waals surface area contributed by atoms with E-state index in [1.54, 1.807) is 0 Å². The van der Waals surface area contributed by atoms with Crippen LogP contribution in [-0.2, 0) is 16.0 Å². The number of nitrogens with one attached hydrogen (secondary N) is 1. The van der Waals surface area contributed by atoms with Gasteiger partial charge in [-0.1, -0.05) is 48.9 Å². The van der Waals surface area contributed by atoms with Gasteiger partial charge in [0.2, 0.25) is 11.8 Å². The monoisotopic (exact) mass is 439 g/mol. The third-order valence-corrected chi connectivity index (χ3v) is 6.77. The number of nitrogens with zero attached hydrogens (tertiary/aromatic N) is 2. The molecule has 2 heterocycles. The minimum Gasteiger partial charge on any atom is -0.341 e. The fourth-order valence-electron chi connectivity index (χ4n) is 4.58. The van der Waals surface area contributed by atoms with E-state index in [0.29, 0.717) is 23.2 Å². The largest absolute Gasteiger partial charge is 0.341 e. The van der Waals surface area contributed by atoms with E-state index in [9.17, 15) is 9.59 Å². The van der Waals surface area contributed by atoms with E-state index in [1.807, 2.05) is 53.1 Å². The molecule has 0 aliphatic carbocycles. The second kappa shape index (κ2) is 9.41. The van der Waals surface area contributed by atoms with Crippen molar-refractivity contribution in [2.24, 2.45) is 5.92 Å². The lowest BCUT2D eigenvalue weighted by Crippen LogP contribution is -2.50. The molecule has 2 amide bonds. The quantitative estimate of drug-likeness (QED) is 0.765. The molecular weight excluding hydrogens is 410 g/mol. The topological polar surface area (TPSA) is 52.7 Å². The van der Waals surface area contributed by atoms with E-state index in [4.69, 9.17) is 11.6 Å². The first kappa shape index (κ1) is 21.8. The van der Waals surface area contributed by atoms with Crippen molar-refractivity contribution in [3.05, 3.63) is 64.2 Å². The lowest BCUT2D eigenvalue weighted by Gasteiger charge is -2.40. The Labute approximate surface area is 189 Å². The van der Waals surface area contributed by atoms with Gasteiger partial charge in [0.1, 0.15) is 6.04 Å². The molecule has 5 nitrogen and oxygen atoms in total. The Hall–Kier alpha value is -2.37. The molecule has 0 radical (unpaired) electrons. The van der Waals surface area contributed by atoms with Gasteiger partial charge in [-0.25, -0.2) is 0 Å². The van der Waals surface area contributed by atoms with Crippen molar-refractivity contribution < 1.29 is 9.59 Å². The van der Waals surface area contributed by atoms with Crippen molar-refractivity contribution in [3.63, 3.8) is 0 Å². The first-order valence-corrected chi connectivity index (χ1v) is 11.5. The standard InChI is InChI=1S/C25H30ClN3O2/c1-17-9-12-28(13-10-17)25(31)24-20-6-4-3-5-19(20)11-14-29(24)16-23(30)27-22-8-7-18(2)15-21(22)26/h3-8,15,17,24H,9-14,16H2,1-2H3,(H,27,30). The van der Waals surface area contributed by atoms with Crippen molar-refractivity contribution in [3.8, 4) is 0 Å². The van der Waals surface area contributed by atoms with Crippen molar-refractivity contribution in [1.29, 1.82) is 0 Å². The molecule has 2 aliphatic rings. The van der Waals surface area contributed by atoms with Crippen LogP contribution in [0, 0.1) is 12.8 Å². The number of carbonyl (C=O) groups is 2. The van der Waals surface area contributed by atoms with E-state index < -0.39 is 6.04 Å². The molecule has 1 saturated heterocycles. The molecule has 1 fully saturated rings. The molecule has 1 N–H and O–H groups in total. The molecule has 6 heteroatoms. The third-order valence-electron chi connectivity index (χ3n) is 6.46. The second-order valence-corrected chi connectivity index (χ2v) is 9.27. The number of amides is 2. The minimum absolute atomic E-state index is 0.111. The summed E-state index contributed by atoms with van der Waals surface area (Å²) in [7, 11) is 0. The molecule has 1 unspecified atom stereocenters. The van der Waals surface area contributed by atoms with Crippen molar-refractivity contribution in [2.75, 3.05) is 31.5 Å². The number of hydrogen-bond acceptors (Lipinski definition) is 3. The minimum atomic E-state index is -0.419. The molecule has 0 aromatic heterocycles. The molecule has 31 heavy (non-hydrogen) atoms. The van der Waals surface area contributed by atoms with Gasteiger partial charge < -0.3 is 10.2 Å². The average Bonchev–Trinajstić information content (AvgIpc) is 2.75.